The molecule has 136 valence electrons. The van der Waals surface area contributed by atoms with Gasteiger partial charge in [0.25, 0.3) is 0 Å². The van der Waals surface area contributed by atoms with Gasteiger partial charge in [-0.25, -0.2) is 9.78 Å². The summed E-state index contributed by atoms with van der Waals surface area (Å²) in [5.74, 6) is -1.85. The lowest BCUT2D eigenvalue weighted by molar-refractivity contribution is -0.311. The molecular formula is C17H32O6. The summed E-state index contributed by atoms with van der Waals surface area (Å²) in [5, 5.41) is 9.09. The highest BCUT2D eigenvalue weighted by atomic mass is 17.2. The van der Waals surface area contributed by atoms with Crippen LogP contribution in [-0.2, 0) is 24.1 Å². The number of carboxylic acids is 1. The first-order valence-corrected chi connectivity index (χ1v) is 8.20. The summed E-state index contributed by atoms with van der Waals surface area (Å²) in [7, 11) is 0. The van der Waals surface area contributed by atoms with Crippen molar-refractivity contribution >= 4 is 11.9 Å². The Hall–Kier alpha value is -1.14. The second-order valence-electron chi connectivity index (χ2n) is 7.27. The predicted molar refractivity (Wildman–Crippen MR) is 86.7 cm³/mol. The topological polar surface area (TPSA) is 82.1 Å². The SMILES string of the molecule is CCC(CC(C)(C)C(=O)OCCOOCC(C)(C)CC)C(=O)O. The molecule has 0 saturated heterocycles. The van der Waals surface area contributed by atoms with Crippen molar-refractivity contribution in [3.05, 3.63) is 0 Å². The maximum atomic E-state index is 12.1. The maximum Gasteiger partial charge on any atom is 0.311 e. The molecule has 1 unspecified atom stereocenters. The van der Waals surface area contributed by atoms with E-state index in [0.717, 1.165) is 6.42 Å². The van der Waals surface area contributed by atoms with Crippen LogP contribution in [0.4, 0.5) is 0 Å². The average Bonchev–Trinajstić information content (AvgIpc) is 2.47. The van der Waals surface area contributed by atoms with E-state index in [1.54, 1.807) is 20.8 Å². The van der Waals surface area contributed by atoms with Crippen molar-refractivity contribution in [2.24, 2.45) is 16.7 Å². The van der Waals surface area contributed by atoms with E-state index >= 15 is 0 Å². The van der Waals surface area contributed by atoms with Crippen molar-refractivity contribution in [2.45, 2.75) is 60.8 Å². The van der Waals surface area contributed by atoms with Gasteiger partial charge in [-0.2, -0.15) is 0 Å². The van der Waals surface area contributed by atoms with Crippen LogP contribution in [-0.4, -0.2) is 36.9 Å². The second-order valence-corrected chi connectivity index (χ2v) is 7.27. The number of aliphatic carboxylic acids is 1. The first-order chi connectivity index (χ1) is 10.6. The van der Waals surface area contributed by atoms with Crippen molar-refractivity contribution < 1.29 is 29.2 Å². The van der Waals surface area contributed by atoms with Crippen LogP contribution >= 0.6 is 0 Å². The Morgan fingerprint density at radius 2 is 1.65 bits per heavy atom. The molecule has 0 spiro atoms. The number of ether oxygens (including phenoxy) is 1. The molecule has 0 heterocycles. The van der Waals surface area contributed by atoms with Crippen LogP contribution in [0.15, 0.2) is 0 Å². The van der Waals surface area contributed by atoms with E-state index in [0.29, 0.717) is 13.0 Å². The van der Waals surface area contributed by atoms with Gasteiger partial charge in [0.2, 0.25) is 0 Å². The summed E-state index contributed by atoms with van der Waals surface area (Å²) in [5.41, 5.74) is -0.797. The minimum absolute atomic E-state index is 0.0463. The van der Waals surface area contributed by atoms with Gasteiger partial charge < -0.3 is 9.84 Å². The Morgan fingerprint density at radius 1 is 1.04 bits per heavy atom. The van der Waals surface area contributed by atoms with Crippen LogP contribution < -0.4 is 0 Å². The lowest BCUT2D eigenvalue weighted by atomic mass is 9.82. The normalized spacial score (nSPS) is 13.7. The zero-order valence-corrected chi connectivity index (χ0v) is 15.3. The van der Waals surface area contributed by atoms with Crippen LogP contribution in [0.5, 0.6) is 0 Å². The molecule has 23 heavy (non-hydrogen) atoms. The van der Waals surface area contributed by atoms with E-state index < -0.39 is 23.3 Å². The lowest BCUT2D eigenvalue weighted by Gasteiger charge is -2.25. The maximum absolute atomic E-state index is 12.1. The Bertz CT molecular complexity index is 375. The fraction of sp³-hybridized carbons (Fsp3) is 0.882. The molecule has 1 N–H and O–H groups in total. The van der Waals surface area contributed by atoms with Gasteiger partial charge in [-0.05, 0) is 38.5 Å². The molecule has 0 aliphatic carbocycles. The van der Waals surface area contributed by atoms with E-state index in [4.69, 9.17) is 19.6 Å². The highest BCUT2D eigenvalue weighted by Crippen LogP contribution is 2.29. The molecule has 0 aliphatic rings. The highest BCUT2D eigenvalue weighted by Gasteiger charge is 2.34. The van der Waals surface area contributed by atoms with Gasteiger partial charge in [-0.15, -0.1) is 0 Å². The van der Waals surface area contributed by atoms with E-state index in [1.165, 1.54) is 0 Å². The Kier molecular flexibility index (Phi) is 9.39. The molecule has 0 radical (unpaired) electrons. The Balaban J connectivity index is 4.07. The van der Waals surface area contributed by atoms with Crippen LogP contribution in [0.1, 0.15) is 60.8 Å². The van der Waals surface area contributed by atoms with Crippen molar-refractivity contribution in [2.75, 3.05) is 19.8 Å². The van der Waals surface area contributed by atoms with Crippen molar-refractivity contribution in [3.63, 3.8) is 0 Å². The summed E-state index contributed by atoms with van der Waals surface area (Å²) < 4.78 is 5.15. The van der Waals surface area contributed by atoms with E-state index in [2.05, 4.69) is 20.8 Å². The van der Waals surface area contributed by atoms with Gasteiger partial charge in [-0.3, -0.25) is 9.59 Å². The molecule has 0 aromatic heterocycles. The standard InChI is InChI=1S/C17H32O6/c1-7-13(14(18)19)11-17(5,6)15(20)21-9-10-22-23-12-16(3,4)8-2/h13H,7-12H2,1-6H3,(H,18,19). The molecular weight excluding hydrogens is 300 g/mol. The minimum atomic E-state index is -0.886. The molecule has 0 saturated carbocycles. The number of esters is 1. The molecule has 6 nitrogen and oxygen atoms in total. The minimum Gasteiger partial charge on any atom is -0.481 e. The van der Waals surface area contributed by atoms with E-state index in [1.807, 2.05) is 0 Å². The average molecular weight is 332 g/mol. The van der Waals surface area contributed by atoms with Gasteiger partial charge in [0.15, 0.2) is 0 Å². The summed E-state index contributed by atoms with van der Waals surface area (Å²) in [6.45, 7) is 12.1. The highest BCUT2D eigenvalue weighted by molar-refractivity contribution is 5.77. The van der Waals surface area contributed by atoms with Gasteiger partial charge in [-0.1, -0.05) is 27.7 Å². The molecule has 1 atom stereocenters. The molecule has 0 fully saturated rings. The van der Waals surface area contributed by atoms with E-state index in [-0.39, 0.29) is 25.0 Å². The quantitative estimate of drug-likeness (QED) is 0.255. The zero-order valence-electron chi connectivity index (χ0n) is 15.3. The molecule has 0 aromatic carbocycles. The van der Waals surface area contributed by atoms with Crippen molar-refractivity contribution in [3.8, 4) is 0 Å². The Labute approximate surface area is 139 Å². The van der Waals surface area contributed by atoms with Gasteiger partial charge in [0.1, 0.15) is 13.2 Å². The Morgan fingerprint density at radius 3 is 2.13 bits per heavy atom. The third-order valence-corrected chi connectivity index (χ3v) is 4.04. The zero-order chi connectivity index (χ0) is 18.1. The van der Waals surface area contributed by atoms with Crippen LogP contribution in [0, 0.1) is 16.7 Å². The number of rotatable bonds is 12. The summed E-state index contributed by atoms with van der Waals surface area (Å²) in [6.07, 6.45) is 1.71. The van der Waals surface area contributed by atoms with E-state index in [9.17, 15) is 9.59 Å². The predicted octanol–water partition coefficient (Wildman–Crippen LogP) is 3.44. The second kappa shape index (κ2) is 9.88. The van der Waals surface area contributed by atoms with Crippen LogP contribution in [0.2, 0.25) is 0 Å². The van der Waals surface area contributed by atoms with Gasteiger partial charge >= 0.3 is 11.9 Å². The molecule has 6 heteroatoms. The first-order valence-electron chi connectivity index (χ1n) is 8.20. The van der Waals surface area contributed by atoms with Crippen LogP contribution in [0.3, 0.4) is 0 Å². The number of hydrogen-bond donors (Lipinski definition) is 1. The fourth-order valence-electron chi connectivity index (χ4n) is 1.83. The molecule has 0 aliphatic heterocycles. The smallest absolute Gasteiger partial charge is 0.311 e. The number of carbonyl (C=O) groups is 2. The van der Waals surface area contributed by atoms with Gasteiger partial charge in [0, 0.05) is 0 Å². The first kappa shape index (κ1) is 21.9. The molecule has 0 rings (SSSR count). The third-order valence-electron chi connectivity index (χ3n) is 4.04. The largest absolute Gasteiger partial charge is 0.481 e. The monoisotopic (exact) mass is 332 g/mol. The summed E-state index contributed by atoms with van der Waals surface area (Å²) >= 11 is 0. The third kappa shape index (κ3) is 8.91. The lowest BCUT2D eigenvalue weighted by Crippen LogP contribution is -2.32. The molecule has 0 aromatic rings. The summed E-state index contributed by atoms with van der Waals surface area (Å²) in [6, 6.07) is 0. The number of carbonyl (C=O) groups excluding carboxylic acids is 1. The molecule has 0 amide bonds. The van der Waals surface area contributed by atoms with Crippen LogP contribution in [0.25, 0.3) is 0 Å². The van der Waals surface area contributed by atoms with Crippen molar-refractivity contribution in [1.82, 2.24) is 0 Å². The number of carboxylic acid groups (broad SMARTS) is 1. The number of hydrogen-bond acceptors (Lipinski definition) is 5. The summed E-state index contributed by atoms with van der Waals surface area (Å²) in [4.78, 5) is 33.3. The molecule has 0 bridgehead atoms. The fourth-order valence-corrected chi connectivity index (χ4v) is 1.83. The van der Waals surface area contributed by atoms with Gasteiger partial charge in [0.05, 0.1) is 17.9 Å². The van der Waals surface area contributed by atoms with Crippen molar-refractivity contribution in [1.29, 1.82) is 0 Å².